The van der Waals surface area contributed by atoms with Crippen molar-refractivity contribution in [3.63, 3.8) is 0 Å². The SMILES string of the molecule is CCCC(COC)NCCC(=O)NC1CC1. The molecule has 1 unspecified atom stereocenters. The van der Waals surface area contributed by atoms with Gasteiger partial charge in [-0.05, 0) is 19.3 Å². The zero-order valence-corrected chi connectivity index (χ0v) is 10.4. The number of hydrogen-bond acceptors (Lipinski definition) is 3. The van der Waals surface area contributed by atoms with Crippen LogP contribution in [0.5, 0.6) is 0 Å². The average Bonchev–Trinajstić information content (AvgIpc) is 3.02. The minimum atomic E-state index is 0.169. The van der Waals surface area contributed by atoms with Gasteiger partial charge in [0, 0.05) is 32.2 Å². The molecule has 0 aliphatic heterocycles. The van der Waals surface area contributed by atoms with Crippen molar-refractivity contribution in [2.45, 2.75) is 51.1 Å². The fourth-order valence-electron chi connectivity index (χ4n) is 1.71. The second kappa shape index (κ2) is 7.63. The van der Waals surface area contributed by atoms with E-state index in [9.17, 15) is 4.79 Å². The summed E-state index contributed by atoms with van der Waals surface area (Å²) in [6, 6.07) is 0.849. The number of carbonyl (C=O) groups excluding carboxylic acids is 1. The van der Waals surface area contributed by atoms with E-state index in [1.807, 2.05) is 0 Å². The van der Waals surface area contributed by atoms with Crippen LogP contribution in [0, 0.1) is 0 Å². The Morgan fingerprint density at radius 1 is 1.50 bits per heavy atom. The first-order valence-electron chi connectivity index (χ1n) is 6.28. The summed E-state index contributed by atoms with van der Waals surface area (Å²) in [5, 5.41) is 6.34. The Balaban J connectivity index is 2.03. The molecule has 1 rings (SSSR count). The Labute approximate surface area is 98.1 Å². The van der Waals surface area contributed by atoms with Crippen molar-refractivity contribution in [3.8, 4) is 0 Å². The molecule has 0 bridgehead atoms. The highest BCUT2D eigenvalue weighted by Gasteiger charge is 2.22. The molecule has 1 saturated carbocycles. The van der Waals surface area contributed by atoms with Crippen molar-refractivity contribution in [2.24, 2.45) is 0 Å². The molecule has 1 fully saturated rings. The molecule has 0 aromatic carbocycles. The van der Waals surface area contributed by atoms with Gasteiger partial charge in [-0.15, -0.1) is 0 Å². The zero-order chi connectivity index (χ0) is 11.8. The van der Waals surface area contributed by atoms with Gasteiger partial charge in [-0.1, -0.05) is 13.3 Å². The smallest absolute Gasteiger partial charge is 0.221 e. The van der Waals surface area contributed by atoms with E-state index in [0.717, 1.165) is 38.8 Å². The molecule has 0 radical (unpaired) electrons. The maximum absolute atomic E-state index is 11.4. The van der Waals surface area contributed by atoms with E-state index in [1.165, 1.54) is 0 Å². The number of hydrogen-bond donors (Lipinski definition) is 2. The summed E-state index contributed by atoms with van der Waals surface area (Å²) in [7, 11) is 1.71. The van der Waals surface area contributed by atoms with Crippen molar-refractivity contribution >= 4 is 5.91 Å². The maximum Gasteiger partial charge on any atom is 0.221 e. The normalized spacial score (nSPS) is 17.1. The van der Waals surface area contributed by atoms with E-state index in [4.69, 9.17) is 4.74 Å². The molecule has 94 valence electrons. The molecule has 4 nitrogen and oxygen atoms in total. The lowest BCUT2D eigenvalue weighted by Crippen LogP contribution is -2.36. The number of carbonyl (C=O) groups is 1. The first-order valence-corrected chi connectivity index (χ1v) is 6.28. The standard InChI is InChI=1S/C12H24N2O2/c1-3-4-11(9-16-2)13-8-7-12(15)14-10-5-6-10/h10-11,13H,3-9H2,1-2H3,(H,14,15). The second-order valence-electron chi connectivity index (χ2n) is 4.49. The summed E-state index contributed by atoms with van der Waals surface area (Å²) in [5.74, 6) is 0.169. The third kappa shape index (κ3) is 6.08. The minimum absolute atomic E-state index is 0.169. The quantitative estimate of drug-likeness (QED) is 0.620. The Morgan fingerprint density at radius 2 is 2.25 bits per heavy atom. The monoisotopic (exact) mass is 228 g/mol. The molecule has 0 aromatic rings. The molecular weight excluding hydrogens is 204 g/mol. The van der Waals surface area contributed by atoms with Crippen LogP contribution in [0.1, 0.15) is 39.0 Å². The average molecular weight is 228 g/mol. The third-order valence-electron chi connectivity index (χ3n) is 2.73. The summed E-state index contributed by atoms with van der Waals surface area (Å²) >= 11 is 0. The van der Waals surface area contributed by atoms with Gasteiger partial charge in [0.2, 0.25) is 5.91 Å². The topological polar surface area (TPSA) is 50.4 Å². The van der Waals surface area contributed by atoms with Gasteiger partial charge in [0.1, 0.15) is 0 Å². The van der Waals surface area contributed by atoms with Crippen LogP contribution in [0.3, 0.4) is 0 Å². The first-order chi connectivity index (χ1) is 7.76. The third-order valence-corrected chi connectivity index (χ3v) is 2.73. The highest BCUT2D eigenvalue weighted by atomic mass is 16.5. The number of ether oxygens (including phenoxy) is 1. The lowest BCUT2D eigenvalue weighted by atomic mass is 10.2. The number of amides is 1. The lowest BCUT2D eigenvalue weighted by molar-refractivity contribution is -0.121. The van der Waals surface area contributed by atoms with Gasteiger partial charge >= 0.3 is 0 Å². The van der Waals surface area contributed by atoms with Crippen molar-refractivity contribution in [1.29, 1.82) is 0 Å². The van der Waals surface area contributed by atoms with Crippen LogP contribution >= 0.6 is 0 Å². The molecule has 1 amide bonds. The molecule has 0 aromatic heterocycles. The Kier molecular flexibility index (Phi) is 6.42. The van der Waals surface area contributed by atoms with E-state index in [-0.39, 0.29) is 5.91 Å². The highest BCUT2D eigenvalue weighted by molar-refractivity contribution is 5.76. The molecule has 2 N–H and O–H groups in total. The van der Waals surface area contributed by atoms with Gasteiger partial charge in [-0.2, -0.15) is 0 Å². The molecule has 1 atom stereocenters. The molecule has 16 heavy (non-hydrogen) atoms. The summed E-state index contributed by atoms with van der Waals surface area (Å²) in [4.78, 5) is 11.4. The maximum atomic E-state index is 11.4. The van der Waals surface area contributed by atoms with E-state index in [2.05, 4.69) is 17.6 Å². The van der Waals surface area contributed by atoms with E-state index < -0.39 is 0 Å². The van der Waals surface area contributed by atoms with Gasteiger partial charge in [0.25, 0.3) is 0 Å². The first kappa shape index (κ1) is 13.5. The lowest BCUT2D eigenvalue weighted by Gasteiger charge is -2.16. The number of nitrogens with one attached hydrogen (secondary N) is 2. The molecule has 0 spiro atoms. The van der Waals surface area contributed by atoms with Gasteiger partial charge < -0.3 is 15.4 Å². The predicted octanol–water partition coefficient (Wildman–Crippen LogP) is 1.06. The van der Waals surface area contributed by atoms with Crippen molar-refractivity contribution < 1.29 is 9.53 Å². The van der Waals surface area contributed by atoms with Gasteiger partial charge in [-0.3, -0.25) is 4.79 Å². The number of rotatable bonds is 9. The molecule has 1 aliphatic carbocycles. The molecular formula is C12H24N2O2. The zero-order valence-electron chi connectivity index (χ0n) is 10.4. The molecule has 4 heteroatoms. The second-order valence-corrected chi connectivity index (χ2v) is 4.49. The molecule has 0 saturated heterocycles. The van der Waals surface area contributed by atoms with E-state index >= 15 is 0 Å². The Morgan fingerprint density at radius 3 is 2.81 bits per heavy atom. The van der Waals surface area contributed by atoms with E-state index in [0.29, 0.717) is 18.5 Å². The summed E-state index contributed by atoms with van der Waals surface area (Å²) < 4.78 is 5.13. The van der Waals surface area contributed by atoms with Crippen LogP contribution in [0.4, 0.5) is 0 Å². The van der Waals surface area contributed by atoms with Crippen molar-refractivity contribution in [1.82, 2.24) is 10.6 Å². The van der Waals surface area contributed by atoms with Gasteiger partial charge in [0.15, 0.2) is 0 Å². The van der Waals surface area contributed by atoms with Crippen LogP contribution < -0.4 is 10.6 Å². The molecule has 1 aliphatic rings. The van der Waals surface area contributed by atoms with E-state index in [1.54, 1.807) is 7.11 Å². The van der Waals surface area contributed by atoms with Crippen LogP contribution in [-0.2, 0) is 9.53 Å². The van der Waals surface area contributed by atoms with Gasteiger partial charge in [0.05, 0.1) is 6.61 Å². The largest absolute Gasteiger partial charge is 0.383 e. The minimum Gasteiger partial charge on any atom is -0.383 e. The highest BCUT2D eigenvalue weighted by Crippen LogP contribution is 2.18. The summed E-state index contributed by atoms with van der Waals surface area (Å²) in [6.07, 6.45) is 5.11. The van der Waals surface area contributed by atoms with Gasteiger partial charge in [-0.25, -0.2) is 0 Å². The van der Waals surface area contributed by atoms with Crippen LogP contribution in [0.2, 0.25) is 0 Å². The number of methoxy groups -OCH3 is 1. The summed E-state index contributed by atoms with van der Waals surface area (Å²) in [6.45, 7) is 3.62. The predicted molar refractivity (Wildman–Crippen MR) is 64.4 cm³/mol. The summed E-state index contributed by atoms with van der Waals surface area (Å²) in [5.41, 5.74) is 0. The molecule has 0 heterocycles. The van der Waals surface area contributed by atoms with Crippen LogP contribution in [-0.4, -0.2) is 38.3 Å². The van der Waals surface area contributed by atoms with Crippen LogP contribution in [0.25, 0.3) is 0 Å². The van der Waals surface area contributed by atoms with Crippen molar-refractivity contribution in [2.75, 3.05) is 20.3 Å². The Bertz CT molecular complexity index is 199. The Hall–Kier alpha value is -0.610. The van der Waals surface area contributed by atoms with Crippen molar-refractivity contribution in [3.05, 3.63) is 0 Å². The van der Waals surface area contributed by atoms with Crippen LogP contribution in [0.15, 0.2) is 0 Å². The fourth-order valence-corrected chi connectivity index (χ4v) is 1.71. The fraction of sp³-hybridized carbons (Fsp3) is 0.917.